The minimum atomic E-state index is -0.304. The van der Waals surface area contributed by atoms with Crippen LogP contribution in [-0.2, 0) is 14.3 Å². The fourth-order valence-corrected chi connectivity index (χ4v) is 2.89. The number of thiophene rings is 1. The fraction of sp³-hybridized carbons (Fsp3) is 0.571. The van der Waals surface area contributed by atoms with Crippen LogP contribution in [0.25, 0.3) is 0 Å². The van der Waals surface area contributed by atoms with Crippen molar-refractivity contribution in [2.24, 2.45) is 0 Å². The third kappa shape index (κ3) is 4.05. The zero-order chi connectivity index (χ0) is 14.4. The molecule has 0 aromatic carbocycles. The summed E-state index contributed by atoms with van der Waals surface area (Å²) in [5.41, 5.74) is 0. The Morgan fingerprint density at radius 1 is 1.55 bits per heavy atom. The molecule has 6 heteroatoms. The van der Waals surface area contributed by atoms with Crippen molar-refractivity contribution in [3.05, 3.63) is 22.4 Å². The highest BCUT2D eigenvalue weighted by Gasteiger charge is 2.24. The Hall–Kier alpha value is -1.40. The lowest BCUT2D eigenvalue weighted by Gasteiger charge is -2.24. The van der Waals surface area contributed by atoms with Crippen LogP contribution in [0.5, 0.6) is 0 Å². The summed E-state index contributed by atoms with van der Waals surface area (Å²) in [4.78, 5) is 26.1. The number of carbonyl (C=O) groups excluding carboxylic acids is 2. The van der Waals surface area contributed by atoms with Gasteiger partial charge in [-0.05, 0) is 24.3 Å². The lowest BCUT2D eigenvalue weighted by Crippen LogP contribution is -2.38. The summed E-state index contributed by atoms with van der Waals surface area (Å²) in [5.74, 6) is -0.347. The quantitative estimate of drug-likeness (QED) is 0.753. The molecule has 0 radical (unpaired) electrons. The van der Waals surface area contributed by atoms with Gasteiger partial charge in [-0.2, -0.15) is 0 Å². The van der Waals surface area contributed by atoms with E-state index in [0.717, 1.165) is 19.4 Å². The highest BCUT2D eigenvalue weighted by Crippen LogP contribution is 2.17. The summed E-state index contributed by atoms with van der Waals surface area (Å²) in [6, 6.07) is 3.65. The minimum Gasteiger partial charge on any atom is -0.469 e. The van der Waals surface area contributed by atoms with E-state index in [1.54, 1.807) is 11.0 Å². The van der Waals surface area contributed by atoms with Crippen LogP contribution in [0.1, 0.15) is 28.9 Å². The number of hydrogen-bond acceptors (Lipinski definition) is 5. The average molecular weight is 297 g/mol. The Morgan fingerprint density at radius 2 is 2.40 bits per heavy atom. The van der Waals surface area contributed by atoms with Crippen molar-refractivity contribution >= 4 is 23.2 Å². The van der Waals surface area contributed by atoms with Gasteiger partial charge in [-0.3, -0.25) is 9.59 Å². The molecular weight excluding hydrogens is 278 g/mol. The number of esters is 1. The van der Waals surface area contributed by atoms with Crippen molar-refractivity contribution in [3.63, 3.8) is 0 Å². The first-order valence-corrected chi connectivity index (χ1v) is 7.60. The van der Waals surface area contributed by atoms with E-state index < -0.39 is 0 Å². The van der Waals surface area contributed by atoms with Gasteiger partial charge in [-0.15, -0.1) is 11.3 Å². The Labute approximate surface area is 122 Å². The highest BCUT2D eigenvalue weighted by molar-refractivity contribution is 7.12. The summed E-state index contributed by atoms with van der Waals surface area (Å²) < 4.78 is 10.2. The molecule has 2 heterocycles. The summed E-state index contributed by atoms with van der Waals surface area (Å²) >= 11 is 1.41. The monoisotopic (exact) mass is 297 g/mol. The van der Waals surface area contributed by atoms with E-state index in [1.807, 2.05) is 11.4 Å². The molecule has 1 atom stereocenters. The molecule has 0 saturated carbocycles. The van der Waals surface area contributed by atoms with E-state index in [4.69, 9.17) is 4.74 Å². The number of hydrogen-bond donors (Lipinski definition) is 0. The molecule has 0 bridgehead atoms. The molecule has 1 aromatic heterocycles. The number of methoxy groups -OCH3 is 1. The van der Waals surface area contributed by atoms with Crippen LogP contribution in [0.15, 0.2) is 17.5 Å². The molecule has 1 fully saturated rings. The zero-order valence-corrected chi connectivity index (χ0v) is 12.4. The molecule has 1 amide bonds. The van der Waals surface area contributed by atoms with E-state index in [2.05, 4.69) is 4.74 Å². The van der Waals surface area contributed by atoms with Gasteiger partial charge in [0.1, 0.15) is 0 Å². The van der Waals surface area contributed by atoms with Gasteiger partial charge in [0.15, 0.2) is 0 Å². The first-order chi connectivity index (χ1) is 9.70. The largest absolute Gasteiger partial charge is 0.469 e. The van der Waals surface area contributed by atoms with Gasteiger partial charge in [0.05, 0.1) is 24.5 Å². The van der Waals surface area contributed by atoms with E-state index in [0.29, 0.717) is 18.0 Å². The van der Waals surface area contributed by atoms with E-state index in [-0.39, 0.29) is 24.4 Å². The molecular formula is C14H19NO4S. The van der Waals surface area contributed by atoms with Crippen LogP contribution in [-0.4, -0.2) is 49.7 Å². The van der Waals surface area contributed by atoms with Crippen LogP contribution in [0.4, 0.5) is 0 Å². The second-order valence-corrected chi connectivity index (χ2v) is 5.64. The Bertz CT molecular complexity index is 440. The third-order valence-corrected chi connectivity index (χ3v) is 4.14. The van der Waals surface area contributed by atoms with Crippen LogP contribution in [0, 0.1) is 0 Å². The predicted octanol–water partition coefficient (Wildman–Crippen LogP) is 1.93. The van der Waals surface area contributed by atoms with Crippen molar-refractivity contribution in [3.8, 4) is 0 Å². The molecule has 0 aliphatic carbocycles. The molecule has 1 aliphatic heterocycles. The first-order valence-electron chi connectivity index (χ1n) is 6.72. The summed E-state index contributed by atoms with van der Waals surface area (Å²) in [5, 5.41) is 1.87. The maximum Gasteiger partial charge on any atom is 0.307 e. The van der Waals surface area contributed by atoms with E-state index in [9.17, 15) is 9.59 Å². The van der Waals surface area contributed by atoms with Gasteiger partial charge in [-0.25, -0.2) is 0 Å². The molecule has 1 saturated heterocycles. The van der Waals surface area contributed by atoms with E-state index >= 15 is 0 Å². The molecule has 0 N–H and O–H groups in total. The van der Waals surface area contributed by atoms with Gasteiger partial charge in [0.25, 0.3) is 5.91 Å². The van der Waals surface area contributed by atoms with Crippen molar-refractivity contribution in [2.75, 3.05) is 26.8 Å². The van der Waals surface area contributed by atoms with Crippen LogP contribution < -0.4 is 0 Å². The second-order valence-electron chi connectivity index (χ2n) is 4.69. The van der Waals surface area contributed by atoms with Gasteiger partial charge in [0, 0.05) is 19.7 Å². The maximum atomic E-state index is 12.4. The standard InChI is InChI=1S/C14H19NO4S/c1-18-13(16)6-7-15(10-11-4-2-8-19-11)14(17)12-5-3-9-20-12/h3,5,9,11H,2,4,6-8,10H2,1H3. The van der Waals surface area contributed by atoms with Crippen LogP contribution in [0.3, 0.4) is 0 Å². The average Bonchev–Trinajstić information content (AvgIpc) is 3.14. The Morgan fingerprint density at radius 3 is 3.00 bits per heavy atom. The molecule has 110 valence electrons. The molecule has 1 aromatic rings. The number of ether oxygens (including phenoxy) is 2. The second kappa shape index (κ2) is 7.40. The normalized spacial score (nSPS) is 17.9. The molecule has 5 nitrogen and oxygen atoms in total. The summed E-state index contributed by atoms with van der Waals surface area (Å²) in [6.07, 6.45) is 2.28. The van der Waals surface area contributed by atoms with Crippen molar-refractivity contribution in [1.82, 2.24) is 4.90 Å². The van der Waals surface area contributed by atoms with Gasteiger partial charge < -0.3 is 14.4 Å². The first kappa shape index (κ1) is 15.0. The number of amides is 1. The minimum absolute atomic E-state index is 0.0422. The van der Waals surface area contributed by atoms with Gasteiger partial charge in [-0.1, -0.05) is 6.07 Å². The Balaban J connectivity index is 1.98. The predicted molar refractivity (Wildman–Crippen MR) is 75.8 cm³/mol. The van der Waals surface area contributed by atoms with Crippen molar-refractivity contribution in [2.45, 2.75) is 25.4 Å². The summed E-state index contributed by atoms with van der Waals surface area (Å²) in [6.45, 7) is 1.65. The topological polar surface area (TPSA) is 55.8 Å². The fourth-order valence-electron chi connectivity index (χ4n) is 2.19. The molecule has 20 heavy (non-hydrogen) atoms. The molecule has 1 unspecified atom stereocenters. The molecule has 1 aliphatic rings. The maximum absolute atomic E-state index is 12.4. The van der Waals surface area contributed by atoms with Crippen molar-refractivity contribution in [1.29, 1.82) is 0 Å². The van der Waals surface area contributed by atoms with Crippen LogP contribution >= 0.6 is 11.3 Å². The molecule has 0 spiro atoms. The lowest BCUT2D eigenvalue weighted by atomic mass is 10.2. The van der Waals surface area contributed by atoms with Gasteiger partial charge in [0.2, 0.25) is 0 Å². The third-order valence-electron chi connectivity index (χ3n) is 3.28. The van der Waals surface area contributed by atoms with Crippen molar-refractivity contribution < 1.29 is 19.1 Å². The number of nitrogens with zero attached hydrogens (tertiary/aromatic N) is 1. The van der Waals surface area contributed by atoms with Crippen LogP contribution in [0.2, 0.25) is 0 Å². The molecule has 2 rings (SSSR count). The Kier molecular flexibility index (Phi) is 5.55. The smallest absolute Gasteiger partial charge is 0.307 e. The summed E-state index contributed by atoms with van der Waals surface area (Å²) in [7, 11) is 1.36. The highest BCUT2D eigenvalue weighted by atomic mass is 32.1. The number of carbonyl (C=O) groups is 2. The van der Waals surface area contributed by atoms with Gasteiger partial charge >= 0.3 is 5.97 Å². The van der Waals surface area contributed by atoms with E-state index in [1.165, 1.54) is 18.4 Å². The lowest BCUT2D eigenvalue weighted by molar-refractivity contribution is -0.140. The number of rotatable bonds is 6. The zero-order valence-electron chi connectivity index (χ0n) is 11.5. The SMILES string of the molecule is COC(=O)CCN(CC1CCCO1)C(=O)c1cccs1.